The van der Waals surface area contributed by atoms with Gasteiger partial charge in [-0.3, -0.25) is 9.59 Å². The van der Waals surface area contributed by atoms with Crippen molar-refractivity contribution in [2.45, 2.75) is 50.5 Å². The number of unbranched alkanes of at least 4 members (excludes halogenated alkanes) is 3. The maximum atomic E-state index is 12.6. The van der Waals surface area contributed by atoms with Gasteiger partial charge in [0.25, 0.3) is 0 Å². The Kier molecular flexibility index (Phi) is 10.5. The van der Waals surface area contributed by atoms with Crippen LogP contribution >= 0.6 is 11.8 Å². The van der Waals surface area contributed by atoms with Gasteiger partial charge in [0.05, 0.1) is 0 Å². The van der Waals surface area contributed by atoms with Crippen LogP contribution in [0.25, 0.3) is 11.1 Å². The Morgan fingerprint density at radius 2 is 1.60 bits per heavy atom. The van der Waals surface area contributed by atoms with Crippen molar-refractivity contribution >= 4 is 29.7 Å². The molecule has 0 radical (unpaired) electrons. The number of ether oxygens (including phenoxy) is 1. The van der Waals surface area contributed by atoms with Crippen LogP contribution in [0, 0.1) is 0 Å². The fraction of sp³-hybridized carbons (Fsp3) is 0.444. The van der Waals surface area contributed by atoms with E-state index in [2.05, 4.69) is 29.0 Å². The van der Waals surface area contributed by atoms with E-state index in [9.17, 15) is 14.4 Å². The molecule has 3 rings (SSSR count). The van der Waals surface area contributed by atoms with Crippen LogP contribution in [-0.4, -0.2) is 54.3 Å². The van der Waals surface area contributed by atoms with E-state index in [0.29, 0.717) is 6.54 Å². The van der Waals surface area contributed by atoms with E-state index in [1.807, 2.05) is 48.2 Å². The van der Waals surface area contributed by atoms with Crippen LogP contribution in [0.15, 0.2) is 48.5 Å². The van der Waals surface area contributed by atoms with Gasteiger partial charge in [-0.25, -0.2) is 4.79 Å². The fourth-order valence-corrected chi connectivity index (χ4v) is 4.87. The molecule has 35 heavy (non-hydrogen) atoms. The van der Waals surface area contributed by atoms with E-state index in [0.717, 1.165) is 53.7 Å². The third-order valence-electron chi connectivity index (χ3n) is 6.17. The first-order valence-electron chi connectivity index (χ1n) is 12.1. The smallest absolute Gasteiger partial charge is 0.407 e. The van der Waals surface area contributed by atoms with Crippen LogP contribution in [0.1, 0.15) is 55.6 Å². The van der Waals surface area contributed by atoms with Crippen molar-refractivity contribution in [3.05, 3.63) is 59.7 Å². The molecule has 0 bridgehead atoms. The lowest BCUT2D eigenvalue weighted by atomic mass is 9.98. The van der Waals surface area contributed by atoms with Crippen molar-refractivity contribution in [2.24, 2.45) is 0 Å². The van der Waals surface area contributed by atoms with Crippen molar-refractivity contribution in [3.63, 3.8) is 0 Å². The molecule has 2 aromatic rings. The average Bonchev–Trinajstić information content (AvgIpc) is 3.18. The second-order valence-corrected chi connectivity index (χ2v) is 9.64. The summed E-state index contributed by atoms with van der Waals surface area (Å²) >= 11 is 1.82. The van der Waals surface area contributed by atoms with Gasteiger partial charge in [0.2, 0.25) is 5.91 Å². The number of rotatable bonds is 14. The molecule has 0 saturated carbocycles. The number of carboxylic acids is 1. The van der Waals surface area contributed by atoms with Crippen LogP contribution in [0.5, 0.6) is 0 Å². The minimum Gasteiger partial charge on any atom is -0.481 e. The van der Waals surface area contributed by atoms with E-state index in [1.54, 1.807) is 0 Å². The van der Waals surface area contributed by atoms with Crippen LogP contribution in [0.4, 0.5) is 4.79 Å². The molecule has 3 N–H and O–H groups in total. The summed E-state index contributed by atoms with van der Waals surface area (Å²) in [7, 11) is 0. The van der Waals surface area contributed by atoms with Crippen LogP contribution in [-0.2, 0) is 14.3 Å². The quantitative estimate of drug-likeness (QED) is 0.323. The van der Waals surface area contributed by atoms with E-state index < -0.39 is 18.1 Å². The number of hydrogen-bond acceptors (Lipinski definition) is 5. The van der Waals surface area contributed by atoms with E-state index in [1.165, 1.54) is 0 Å². The standard InChI is InChI=1S/C27H34N2O5S/c1-35-17-9-3-2-8-16-28-26(32)24(14-15-25(30)31)29-27(33)34-18-23-21-12-6-4-10-19(21)20-11-5-7-13-22(20)23/h4-7,10-13,23-24H,2-3,8-9,14-18H2,1H3,(H,28,32)(H,29,33)(H,30,31). The Labute approximate surface area is 211 Å². The highest BCUT2D eigenvalue weighted by molar-refractivity contribution is 7.98. The zero-order chi connectivity index (χ0) is 25.0. The van der Waals surface area contributed by atoms with E-state index in [4.69, 9.17) is 9.84 Å². The molecule has 1 aliphatic carbocycles. The second kappa shape index (κ2) is 13.8. The second-order valence-electron chi connectivity index (χ2n) is 8.65. The van der Waals surface area contributed by atoms with Gasteiger partial charge < -0.3 is 20.5 Å². The predicted octanol–water partition coefficient (Wildman–Crippen LogP) is 4.80. The molecular formula is C27H34N2O5S. The molecule has 0 saturated heterocycles. The van der Waals surface area contributed by atoms with Gasteiger partial charge in [-0.15, -0.1) is 0 Å². The molecule has 8 heteroatoms. The zero-order valence-corrected chi connectivity index (χ0v) is 20.9. The lowest BCUT2D eigenvalue weighted by Gasteiger charge is -2.19. The minimum atomic E-state index is -1.02. The van der Waals surface area contributed by atoms with Crippen molar-refractivity contribution in [2.75, 3.05) is 25.2 Å². The fourth-order valence-electron chi connectivity index (χ4n) is 4.38. The van der Waals surface area contributed by atoms with Gasteiger partial charge >= 0.3 is 12.1 Å². The highest BCUT2D eigenvalue weighted by Crippen LogP contribution is 2.44. The van der Waals surface area contributed by atoms with Gasteiger partial charge in [-0.2, -0.15) is 11.8 Å². The molecule has 0 heterocycles. The highest BCUT2D eigenvalue weighted by Gasteiger charge is 2.29. The number of carbonyl (C=O) groups excluding carboxylic acids is 2. The number of thioether (sulfide) groups is 1. The number of aliphatic carboxylic acids is 1. The number of alkyl carbamates (subject to hydrolysis) is 1. The first-order chi connectivity index (χ1) is 17.0. The van der Waals surface area contributed by atoms with Crippen LogP contribution in [0.2, 0.25) is 0 Å². The summed E-state index contributed by atoms with van der Waals surface area (Å²) in [5.74, 6) is -0.367. The van der Waals surface area contributed by atoms with E-state index in [-0.39, 0.29) is 31.3 Å². The average molecular weight is 499 g/mol. The summed E-state index contributed by atoms with van der Waals surface area (Å²) in [6.45, 7) is 0.622. The summed E-state index contributed by atoms with van der Waals surface area (Å²) < 4.78 is 5.53. The lowest BCUT2D eigenvalue weighted by Crippen LogP contribution is -2.47. The Bertz CT molecular complexity index is 967. The molecule has 0 aliphatic heterocycles. The van der Waals surface area contributed by atoms with Crippen molar-refractivity contribution < 1.29 is 24.2 Å². The van der Waals surface area contributed by atoms with Crippen molar-refractivity contribution in [1.29, 1.82) is 0 Å². The molecule has 7 nitrogen and oxygen atoms in total. The van der Waals surface area contributed by atoms with Crippen LogP contribution in [0.3, 0.4) is 0 Å². The third-order valence-corrected chi connectivity index (χ3v) is 6.87. The summed E-state index contributed by atoms with van der Waals surface area (Å²) in [5, 5.41) is 14.4. The zero-order valence-electron chi connectivity index (χ0n) is 20.1. The van der Waals surface area contributed by atoms with Crippen molar-refractivity contribution in [1.82, 2.24) is 10.6 Å². The molecule has 0 aromatic heterocycles. The topological polar surface area (TPSA) is 105 Å². The Morgan fingerprint density at radius 1 is 0.971 bits per heavy atom. The first kappa shape index (κ1) is 26.6. The highest BCUT2D eigenvalue weighted by atomic mass is 32.2. The molecule has 0 spiro atoms. The summed E-state index contributed by atoms with van der Waals surface area (Å²) in [5.41, 5.74) is 4.45. The number of carbonyl (C=O) groups is 3. The number of nitrogens with one attached hydrogen (secondary N) is 2. The van der Waals surface area contributed by atoms with Crippen LogP contribution < -0.4 is 10.6 Å². The Morgan fingerprint density at radius 3 is 2.23 bits per heavy atom. The van der Waals surface area contributed by atoms with E-state index >= 15 is 0 Å². The molecule has 1 atom stereocenters. The molecule has 2 amide bonds. The van der Waals surface area contributed by atoms with Crippen molar-refractivity contribution in [3.8, 4) is 11.1 Å². The summed E-state index contributed by atoms with van der Waals surface area (Å²) in [4.78, 5) is 36.3. The normalized spacial score (nSPS) is 12.9. The molecule has 188 valence electrons. The molecule has 1 unspecified atom stereocenters. The Hall–Kier alpha value is -3.00. The maximum Gasteiger partial charge on any atom is 0.407 e. The van der Waals surface area contributed by atoms with Gasteiger partial charge in [0, 0.05) is 18.9 Å². The first-order valence-corrected chi connectivity index (χ1v) is 13.5. The van der Waals surface area contributed by atoms with Gasteiger partial charge in [0.1, 0.15) is 12.6 Å². The molecular weight excluding hydrogens is 464 g/mol. The largest absolute Gasteiger partial charge is 0.481 e. The van der Waals surface area contributed by atoms with Gasteiger partial charge in [0.15, 0.2) is 0 Å². The van der Waals surface area contributed by atoms with Gasteiger partial charge in [-0.1, -0.05) is 61.4 Å². The predicted molar refractivity (Wildman–Crippen MR) is 139 cm³/mol. The third kappa shape index (κ3) is 7.75. The molecule has 0 fully saturated rings. The Balaban J connectivity index is 1.53. The number of benzene rings is 2. The lowest BCUT2D eigenvalue weighted by molar-refractivity contribution is -0.137. The number of amides is 2. The number of fused-ring (bicyclic) bond motifs is 3. The summed E-state index contributed by atoms with van der Waals surface area (Å²) in [6.07, 6.45) is 5.25. The molecule has 1 aliphatic rings. The summed E-state index contributed by atoms with van der Waals surface area (Å²) in [6, 6.07) is 15.1. The SMILES string of the molecule is CSCCCCCCNC(=O)C(CCC(=O)O)NC(=O)OCC1c2ccccc2-c2ccccc21. The molecule has 2 aromatic carbocycles. The number of carboxylic acid groups (broad SMARTS) is 1. The maximum absolute atomic E-state index is 12.6. The number of hydrogen-bond donors (Lipinski definition) is 3. The monoisotopic (exact) mass is 498 g/mol. The van der Waals surface area contributed by atoms with Gasteiger partial charge in [-0.05, 0) is 53.5 Å². The minimum absolute atomic E-state index is 0.000908.